The Labute approximate surface area is 128 Å². The Hall–Kier alpha value is -1.62. The van der Waals surface area contributed by atoms with Crippen LogP contribution in [0.25, 0.3) is 10.9 Å². The number of H-pyrrole nitrogens is 1. The van der Waals surface area contributed by atoms with Crippen LogP contribution in [0.3, 0.4) is 0 Å². The van der Waals surface area contributed by atoms with E-state index in [1.54, 1.807) is 11.3 Å². The zero-order valence-electron chi connectivity index (χ0n) is 12.0. The summed E-state index contributed by atoms with van der Waals surface area (Å²) in [5.41, 5.74) is 2.39. The zero-order chi connectivity index (χ0) is 14.7. The molecule has 0 aliphatic rings. The molecule has 0 radical (unpaired) electrons. The van der Waals surface area contributed by atoms with Crippen molar-refractivity contribution in [2.45, 2.75) is 25.4 Å². The first-order valence-corrected chi connectivity index (χ1v) is 8.11. The van der Waals surface area contributed by atoms with Gasteiger partial charge in [0.25, 0.3) is 0 Å². The Balaban J connectivity index is 1.72. The SMILES string of the molecule is CC(NC(CO)Cc1c[nH]c2ccccc12)c1cccs1. The minimum absolute atomic E-state index is 0.0568. The van der Waals surface area contributed by atoms with E-state index in [4.69, 9.17) is 0 Å². The molecule has 0 aliphatic carbocycles. The number of hydrogen-bond donors (Lipinski definition) is 3. The average molecular weight is 300 g/mol. The average Bonchev–Trinajstić information content (AvgIpc) is 3.16. The Morgan fingerprint density at radius 2 is 2.10 bits per heavy atom. The minimum Gasteiger partial charge on any atom is -0.395 e. The number of benzene rings is 1. The van der Waals surface area contributed by atoms with Gasteiger partial charge in [-0.1, -0.05) is 24.3 Å². The summed E-state index contributed by atoms with van der Waals surface area (Å²) in [7, 11) is 0. The van der Waals surface area contributed by atoms with Gasteiger partial charge in [-0.15, -0.1) is 11.3 Å². The summed E-state index contributed by atoms with van der Waals surface area (Å²) in [6, 6.07) is 12.8. The lowest BCUT2D eigenvalue weighted by atomic mass is 10.0. The maximum Gasteiger partial charge on any atom is 0.0588 e. The molecule has 0 saturated carbocycles. The van der Waals surface area contributed by atoms with Crippen molar-refractivity contribution in [2.75, 3.05) is 6.61 Å². The lowest BCUT2D eigenvalue weighted by molar-refractivity contribution is 0.233. The van der Waals surface area contributed by atoms with Crippen LogP contribution in [-0.2, 0) is 6.42 Å². The maximum absolute atomic E-state index is 9.67. The first-order valence-electron chi connectivity index (χ1n) is 7.23. The van der Waals surface area contributed by atoms with Crippen molar-refractivity contribution < 1.29 is 5.11 Å². The standard InChI is InChI=1S/C17H20N2OS/c1-12(17-7-4-8-21-17)19-14(11-20)9-13-10-18-16-6-3-2-5-15(13)16/h2-8,10,12,14,18-20H,9,11H2,1H3. The van der Waals surface area contributed by atoms with Crippen LogP contribution in [0.2, 0.25) is 0 Å². The van der Waals surface area contributed by atoms with Crippen LogP contribution in [0.5, 0.6) is 0 Å². The lowest BCUT2D eigenvalue weighted by Crippen LogP contribution is -2.36. The second-order valence-electron chi connectivity index (χ2n) is 5.35. The van der Waals surface area contributed by atoms with Gasteiger partial charge in [0.1, 0.15) is 0 Å². The minimum atomic E-state index is 0.0568. The molecule has 0 bridgehead atoms. The molecule has 0 saturated heterocycles. The van der Waals surface area contributed by atoms with Gasteiger partial charge in [0.05, 0.1) is 6.61 Å². The van der Waals surface area contributed by atoms with E-state index in [0.29, 0.717) is 0 Å². The molecule has 3 N–H and O–H groups in total. The van der Waals surface area contributed by atoms with Crippen molar-refractivity contribution in [3.05, 3.63) is 58.4 Å². The summed E-state index contributed by atoms with van der Waals surface area (Å²) >= 11 is 1.74. The highest BCUT2D eigenvalue weighted by atomic mass is 32.1. The topological polar surface area (TPSA) is 48.0 Å². The van der Waals surface area contributed by atoms with Crippen LogP contribution in [0, 0.1) is 0 Å². The highest BCUT2D eigenvalue weighted by molar-refractivity contribution is 7.10. The van der Waals surface area contributed by atoms with Gasteiger partial charge in [-0.25, -0.2) is 0 Å². The van der Waals surface area contributed by atoms with Crippen molar-refractivity contribution >= 4 is 22.2 Å². The van der Waals surface area contributed by atoms with Crippen molar-refractivity contribution in [1.82, 2.24) is 10.3 Å². The molecule has 2 unspecified atom stereocenters. The summed E-state index contributed by atoms with van der Waals surface area (Å²) in [4.78, 5) is 4.59. The van der Waals surface area contributed by atoms with E-state index < -0.39 is 0 Å². The number of para-hydroxylation sites is 1. The second kappa shape index (κ2) is 6.43. The molecule has 0 spiro atoms. The van der Waals surface area contributed by atoms with E-state index in [9.17, 15) is 5.11 Å². The Kier molecular flexibility index (Phi) is 4.39. The van der Waals surface area contributed by atoms with Gasteiger partial charge in [-0.3, -0.25) is 0 Å². The number of aliphatic hydroxyl groups is 1. The molecule has 0 aliphatic heterocycles. The quantitative estimate of drug-likeness (QED) is 0.652. The Morgan fingerprint density at radius 3 is 2.86 bits per heavy atom. The van der Waals surface area contributed by atoms with Crippen LogP contribution in [0.1, 0.15) is 23.4 Å². The highest BCUT2D eigenvalue weighted by Crippen LogP contribution is 2.22. The summed E-state index contributed by atoms with van der Waals surface area (Å²) in [6.45, 7) is 2.28. The summed E-state index contributed by atoms with van der Waals surface area (Å²) in [5, 5.41) is 16.5. The highest BCUT2D eigenvalue weighted by Gasteiger charge is 2.15. The molecule has 110 valence electrons. The molecular weight excluding hydrogens is 280 g/mol. The molecule has 2 atom stereocenters. The number of fused-ring (bicyclic) bond motifs is 1. The molecule has 2 aromatic heterocycles. The van der Waals surface area contributed by atoms with Crippen LogP contribution in [0.15, 0.2) is 48.0 Å². The smallest absolute Gasteiger partial charge is 0.0588 e. The fraction of sp³-hybridized carbons (Fsp3) is 0.294. The number of aliphatic hydroxyl groups excluding tert-OH is 1. The van der Waals surface area contributed by atoms with Crippen LogP contribution in [0.4, 0.5) is 0 Å². The van der Waals surface area contributed by atoms with Gasteiger partial charge in [-0.05, 0) is 36.4 Å². The molecule has 1 aromatic carbocycles. The van der Waals surface area contributed by atoms with E-state index in [1.165, 1.54) is 15.8 Å². The number of rotatable bonds is 6. The Morgan fingerprint density at radius 1 is 1.24 bits per heavy atom. The predicted octanol–water partition coefficient (Wildman–Crippen LogP) is 3.48. The van der Waals surface area contributed by atoms with Crippen LogP contribution >= 0.6 is 11.3 Å². The van der Waals surface area contributed by atoms with Gasteiger partial charge < -0.3 is 15.4 Å². The third kappa shape index (κ3) is 3.18. The predicted molar refractivity (Wildman–Crippen MR) is 88.7 cm³/mol. The third-order valence-corrected chi connectivity index (χ3v) is 4.87. The number of aromatic amines is 1. The van der Waals surface area contributed by atoms with E-state index in [1.807, 2.05) is 12.3 Å². The number of nitrogens with one attached hydrogen (secondary N) is 2. The summed E-state index contributed by atoms with van der Waals surface area (Å²) < 4.78 is 0. The van der Waals surface area contributed by atoms with Gasteiger partial charge in [-0.2, -0.15) is 0 Å². The maximum atomic E-state index is 9.67. The molecule has 0 fully saturated rings. The van der Waals surface area contributed by atoms with Gasteiger partial charge >= 0.3 is 0 Å². The van der Waals surface area contributed by atoms with E-state index >= 15 is 0 Å². The number of hydrogen-bond acceptors (Lipinski definition) is 3. The largest absolute Gasteiger partial charge is 0.395 e. The molecule has 4 heteroatoms. The molecule has 3 rings (SSSR count). The van der Waals surface area contributed by atoms with Crippen molar-refractivity contribution in [2.24, 2.45) is 0 Å². The lowest BCUT2D eigenvalue weighted by Gasteiger charge is -2.21. The monoisotopic (exact) mass is 300 g/mol. The zero-order valence-corrected chi connectivity index (χ0v) is 12.9. The molecule has 0 amide bonds. The fourth-order valence-electron chi connectivity index (χ4n) is 2.72. The van der Waals surface area contributed by atoms with E-state index in [-0.39, 0.29) is 18.7 Å². The fourth-order valence-corrected chi connectivity index (χ4v) is 3.46. The van der Waals surface area contributed by atoms with Crippen LogP contribution < -0.4 is 5.32 Å². The summed E-state index contributed by atoms with van der Waals surface area (Å²) in [5.74, 6) is 0. The number of thiophene rings is 1. The molecule has 3 nitrogen and oxygen atoms in total. The molecular formula is C17H20N2OS. The molecule has 3 aromatic rings. The van der Waals surface area contributed by atoms with Gasteiger partial charge in [0.2, 0.25) is 0 Å². The second-order valence-corrected chi connectivity index (χ2v) is 6.33. The first kappa shape index (κ1) is 14.3. The van der Waals surface area contributed by atoms with Crippen molar-refractivity contribution in [1.29, 1.82) is 0 Å². The van der Waals surface area contributed by atoms with Gasteiger partial charge in [0.15, 0.2) is 0 Å². The normalized spacial score (nSPS) is 14.4. The van der Waals surface area contributed by atoms with Crippen molar-refractivity contribution in [3.63, 3.8) is 0 Å². The third-order valence-electron chi connectivity index (χ3n) is 3.82. The Bertz CT molecular complexity index is 690. The summed E-state index contributed by atoms with van der Waals surface area (Å²) in [6.07, 6.45) is 2.86. The van der Waals surface area contributed by atoms with Gasteiger partial charge in [0, 0.05) is 34.1 Å². The van der Waals surface area contributed by atoms with E-state index in [2.05, 4.69) is 52.9 Å². The number of aromatic nitrogens is 1. The molecule has 21 heavy (non-hydrogen) atoms. The van der Waals surface area contributed by atoms with E-state index in [0.717, 1.165) is 11.9 Å². The van der Waals surface area contributed by atoms with Crippen molar-refractivity contribution in [3.8, 4) is 0 Å². The molecule has 2 heterocycles. The van der Waals surface area contributed by atoms with Crippen LogP contribution in [-0.4, -0.2) is 22.7 Å². The first-order chi connectivity index (χ1) is 10.3.